The van der Waals surface area contributed by atoms with Gasteiger partial charge >= 0.3 is 0 Å². The number of benzene rings is 3. The lowest BCUT2D eigenvalue weighted by Gasteiger charge is -2.12. The van der Waals surface area contributed by atoms with Gasteiger partial charge in [0.1, 0.15) is 5.84 Å². The van der Waals surface area contributed by atoms with Gasteiger partial charge in [-0.25, -0.2) is 0 Å². The number of hydrogen-bond acceptors (Lipinski definition) is 5. The number of nitrogen functional groups attached to an aromatic ring is 1. The summed E-state index contributed by atoms with van der Waals surface area (Å²) in [6.07, 6.45) is 1.99. The number of rotatable bonds is 5. The van der Waals surface area contributed by atoms with Gasteiger partial charge in [0, 0.05) is 52.6 Å². The average molecular weight is 526 g/mol. The number of aliphatic imine (C=N–C) groups is 1. The highest BCUT2D eigenvalue weighted by atomic mass is 32.1. The van der Waals surface area contributed by atoms with Crippen LogP contribution in [-0.4, -0.2) is 42.7 Å². The zero-order chi connectivity index (χ0) is 25.6. The predicted molar refractivity (Wildman–Crippen MR) is 154 cm³/mol. The van der Waals surface area contributed by atoms with E-state index in [0.717, 1.165) is 29.1 Å². The summed E-state index contributed by atoms with van der Waals surface area (Å²) in [6, 6.07) is 21.7. The van der Waals surface area contributed by atoms with Crippen molar-refractivity contribution in [1.82, 2.24) is 0 Å². The molecule has 2 amide bonds. The van der Waals surface area contributed by atoms with Crippen molar-refractivity contribution in [1.29, 1.82) is 0 Å². The number of amides is 2. The molecule has 1 saturated carbocycles. The molecule has 0 unspecified atom stereocenters. The topological polar surface area (TPSA) is 177 Å². The van der Waals surface area contributed by atoms with Gasteiger partial charge in [-0.15, -0.1) is 12.6 Å². The van der Waals surface area contributed by atoms with Gasteiger partial charge in [-0.05, 0) is 67.4 Å². The maximum Gasteiger partial charge on any atom is 0.279 e. The summed E-state index contributed by atoms with van der Waals surface area (Å²) in [5.41, 5.74) is 15.0. The monoisotopic (exact) mass is 525 g/mol. The number of carbonyl (C=O) groups is 2. The summed E-state index contributed by atoms with van der Waals surface area (Å²) in [5.74, 6) is -0.0609. The van der Waals surface area contributed by atoms with Gasteiger partial charge in [0.15, 0.2) is 0 Å². The SMILES string of the molecule is CC1(C(=O)Nc2ccc(N)cc2)CC1.CN(C)c1cccc(C(=O)N=C(N)c2cccc(S)c2)c1.O.O. The van der Waals surface area contributed by atoms with Crippen molar-refractivity contribution >= 4 is 47.3 Å². The molecular weight excluding hydrogens is 490 g/mol. The highest BCUT2D eigenvalue weighted by Gasteiger charge is 2.44. The molecule has 3 aromatic carbocycles. The minimum absolute atomic E-state index is 0. The third-order valence-electron chi connectivity index (χ3n) is 5.69. The van der Waals surface area contributed by atoms with Gasteiger partial charge in [-0.2, -0.15) is 4.99 Å². The van der Waals surface area contributed by atoms with E-state index in [1.165, 1.54) is 0 Å². The maximum atomic E-state index is 12.2. The summed E-state index contributed by atoms with van der Waals surface area (Å²) in [4.78, 5) is 30.5. The van der Waals surface area contributed by atoms with E-state index in [1.54, 1.807) is 36.4 Å². The molecule has 0 radical (unpaired) electrons. The van der Waals surface area contributed by atoms with Gasteiger partial charge in [0.25, 0.3) is 5.91 Å². The lowest BCUT2D eigenvalue weighted by molar-refractivity contribution is -0.120. The Labute approximate surface area is 222 Å². The minimum atomic E-state index is -0.360. The highest BCUT2D eigenvalue weighted by Crippen LogP contribution is 2.45. The van der Waals surface area contributed by atoms with Crippen LogP contribution < -0.4 is 21.7 Å². The van der Waals surface area contributed by atoms with Gasteiger partial charge < -0.3 is 32.6 Å². The summed E-state index contributed by atoms with van der Waals surface area (Å²) in [5, 5.41) is 2.88. The molecule has 9 N–H and O–H groups in total. The van der Waals surface area contributed by atoms with Crippen LogP contribution in [0.1, 0.15) is 35.7 Å². The van der Waals surface area contributed by atoms with Crippen molar-refractivity contribution in [2.24, 2.45) is 16.1 Å². The number of nitrogens with two attached hydrogens (primary N) is 2. The van der Waals surface area contributed by atoms with Gasteiger partial charge in [-0.1, -0.05) is 25.1 Å². The lowest BCUT2D eigenvalue weighted by atomic mass is 10.1. The number of amidine groups is 1. The molecule has 1 aliphatic carbocycles. The standard InChI is InChI=1S/C16H17N3OS.C11H14N2O.2H2O/c1-19(2)13-7-3-6-12(9-13)16(20)18-15(17)11-5-4-8-14(21)10-11;1-11(6-7-11)10(14)13-9-4-2-8(12)3-5-9;;/h3-10,21H,1-2H3,(H2,17,18,20);2-5H,6-7,12H2,1H3,(H,13,14);2*1H2. The molecule has 3 aromatic rings. The Morgan fingerprint density at radius 2 is 1.54 bits per heavy atom. The third-order valence-corrected chi connectivity index (χ3v) is 5.97. The number of nitrogens with zero attached hydrogens (tertiary/aromatic N) is 2. The van der Waals surface area contributed by atoms with Gasteiger partial charge in [-0.3, -0.25) is 9.59 Å². The van der Waals surface area contributed by atoms with E-state index < -0.39 is 0 Å². The van der Waals surface area contributed by atoms with Crippen molar-refractivity contribution in [2.75, 3.05) is 30.0 Å². The zero-order valence-corrected chi connectivity index (χ0v) is 22.0. The van der Waals surface area contributed by atoms with Crippen LogP contribution in [-0.2, 0) is 4.79 Å². The van der Waals surface area contributed by atoms with Crippen LogP contribution in [0.15, 0.2) is 82.7 Å². The quantitative estimate of drug-likeness (QED) is 0.173. The molecule has 198 valence electrons. The van der Waals surface area contributed by atoms with Gasteiger partial charge in [0.2, 0.25) is 5.91 Å². The molecule has 0 bridgehead atoms. The van der Waals surface area contributed by atoms with Crippen LogP contribution in [0.2, 0.25) is 0 Å². The van der Waals surface area contributed by atoms with E-state index in [1.807, 2.05) is 62.3 Å². The van der Waals surface area contributed by atoms with Crippen LogP contribution >= 0.6 is 12.6 Å². The van der Waals surface area contributed by atoms with Crippen LogP contribution in [0.3, 0.4) is 0 Å². The molecule has 10 heteroatoms. The van der Waals surface area contributed by atoms with Crippen molar-refractivity contribution in [3.63, 3.8) is 0 Å². The molecule has 0 heterocycles. The second-order valence-electron chi connectivity index (χ2n) is 8.93. The maximum absolute atomic E-state index is 12.2. The van der Waals surface area contributed by atoms with Crippen LogP contribution in [0.4, 0.5) is 17.1 Å². The molecule has 0 aromatic heterocycles. The molecule has 9 nitrogen and oxygen atoms in total. The van der Waals surface area contributed by atoms with E-state index in [0.29, 0.717) is 16.8 Å². The largest absolute Gasteiger partial charge is 0.412 e. The van der Waals surface area contributed by atoms with Crippen LogP contribution in [0.25, 0.3) is 0 Å². The average Bonchev–Trinajstić information content (AvgIpc) is 3.59. The third kappa shape index (κ3) is 8.94. The summed E-state index contributed by atoms with van der Waals surface area (Å²) < 4.78 is 0. The van der Waals surface area contributed by atoms with E-state index in [4.69, 9.17) is 11.5 Å². The summed E-state index contributed by atoms with van der Waals surface area (Å²) in [6.45, 7) is 1.99. The fraction of sp³-hybridized carbons (Fsp3) is 0.222. The predicted octanol–water partition coefficient (Wildman–Crippen LogP) is 2.95. The van der Waals surface area contributed by atoms with E-state index in [2.05, 4.69) is 22.9 Å². The highest BCUT2D eigenvalue weighted by molar-refractivity contribution is 7.80. The summed E-state index contributed by atoms with van der Waals surface area (Å²) >= 11 is 4.24. The Bertz CT molecular complexity index is 1240. The fourth-order valence-corrected chi connectivity index (χ4v) is 3.31. The molecule has 0 aliphatic heterocycles. The molecule has 0 saturated heterocycles. The lowest BCUT2D eigenvalue weighted by Crippen LogP contribution is -2.21. The molecule has 1 fully saturated rings. The van der Waals surface area contributed by atoms with Crippen molar-refractivity contribution in [3.8, 4) is 0 Å². The zero-order valence-electron chi connectivity index (χ0n) is 21.2. The number of thiol groups is 1. The van der Waals surface area contributed by atoms with Crippen molar-refractivity contribution in [2.45, 2.75) is 24.7 Å². The molecule has 0 atom stereocenters. The smallest absolute Gasteiger partial charge is 0.279 e. The van der Waals surface area contributed by atoms with Crippen molar-refractivity contribution < 1.29 is 20.5 Å². The fourth-order valence-electron chi connectivity index (χ4n) is 3.08. The van der Waals surface area contributed by atoms with E-state index >= 15 is 0 Å². The number of nitrogens with one attached hydrogen (secondary N) is 1. The van der Waals surface area contributed by atoms with Gasteiger partial charge in [0.05, 0.1) is 0 Å². The summed E-state index contributed by atoms with van der Waals surface area (Å²) in [7, 11) is 3.83. The van der Waals surface area contributed by atoms with E-state index in [-0.39, 0.29) is 34.0 Å². The molecule has 0 spiro atoms. The second kappa shape index (κ2) is 13.4. The normalized spacial score (nSPS) is 13.0. The first-order valence-electron chi connectivity index (χ1n) is 11.2. The second-order valence-corrected chi connectivity index (χ2v) is 9.45. The Hall–Kier alpha value is -3.86. The van der Waals surface area contributed by atoms with E-state index in [9.17, 15) is 9.59 Å². The van der Waals surface area contributed by atoms with Crippen LogP contribution in [0, 0.1) is 5.41 Å². The Kier molecular flexibility index (Phi) is 11.3. The van der Waals surface area contributed by atoms with Crippen LogP contribution in [0.5, 0.6) is 0 Å². The minimum Gasteiger partial charge on any atom is -0.412 e. The molecular formula is C27H35N5O4S. The molecule has 37 heavy (non-hydrogen) atoms. The van der Waals surface area contributed by atoms with Crippen molar-refractivity contribution in [3.05, 3.63) is 83.9 Å². The number of hydrogen-bond donors (Lipinski definition) is 4. The Balaban J connectivity index is 0.000000375. The first-order valence-corrected chi connectivity index (χ1v) is 11.6. The number of carbonyl (C=O) groups excluding carboxylic acids is 2. The number of anilines is 3. The first kappa shape index (κ1) is 31.2. The Morgan fingerprint density at radius 3 is 2.11 bits per heavy atom. The first-order chi connectivity index (χ1) is 16.6. The Morgan fingerprint density at radius 1 is 0.946 bits per heavy atom. The molecule has 4 rings (SSSR count). The molecule has 1 aliphatic rings.